The van der Waals surface area contributed by atoms with Gasteiger partial charge in [-0.2, -0.15) is 8.78 Å². The van der Waals surface area contributed by atoms with Crippen LogP contribution in [0.15, 0.2) is 24.3 Å². The third-order valence-electron chi connectivity index (χ3n) is 3.53. The Morgan fingerprint density at radius 3 is 2.62 bits per heavy atom. The minimum atomic E-state index is -2.89. The number of nitrogens with one attached hydrogen (secondary N) is 2. The van der Waals surface area contributed by atoms with Crippen LogP contribution in [0.3, 0.4) is 0 Å². The summed E-state index contributed by atoms with van der Waals surface area (Å²) in [5, 5.41) is 5.37. The van der Waals surface area contributed by atoms with Crippen LogP contribution in [0.5, 0.6) is 5.75 Å². The van der Waals surface area contributed by atoms with Crippen molar-refractivity contribution in [2.24, 2.45) is 0 Å². The van der Waals surface area contributed by atoms with Crippen molar-refractivity contribution in [3.63, 3.8) is 0 Å². The van der Waals surface area contributed by atoms with Crippen molar-refractivity contribution >= 4 is 17.8 Å². The van der Waals surface area contributed by atoms with Gasteiger partial charge < -0.3 is 25.0 Å². The number of carbonyl (C=O) groups is 2. The molecular formula is C15H19F2N3O4. The van der Waals surface area contributed by atoms with Crippen molar-refractivity contribution < 1.29 is 27.8 Å². The number of hydrogen-bond acceptors (Lipinski definition) is 4. The molecule has 2 rings (SSSR count). The molecular weight excluding hydrogens is 324 g/mol. The topological polar surface area (TPSA) is 79.9 Å². The molecule has 1 atom stereocenters. The highest BCUT2D eigenvalue weighted by molar-refractivity contribution is 5.89. The Balaban J connectivity index is 1.83. The van der Waals surface area contributed by atoms with Gasteiger partial charge in [0, 0.05) is 24.8 Å². The maximum absolute atomic E-state index is 12.1. The second kappa shape index (κ2) is 8.32. The first-order valence-electron chi connectivity index (χ1n) is 7.43. The Morgan fingerprint density at radius 2 is 2.00 bits per heavy atom. The zero-order valence-electron chi connectivity index (χ0n) is 13.1. The number of methoxy groups -OCH3 is 1. The molecule has 1 aliphatic rings. The van der Waals surface area contributed by atoms with E-state index in [0.29, 0.717) is 18.8 Å². The summed E-state index contributed by atoms with van der Waals surface area (Å²) < 4.78 is 33.0. The van der Waals surface area contributed by atoms with Gasteiger partial charge in [-0.05, 0) is 37.1 Å². The number of alkyl halides is 2. The Kier molecular flexibility index (Phi) is 6.16. The highest BCUT2D eigenvalue weighted by Gasteiger charge is 2.25. The molecule has 0 aromatic heterocycles. The minimum absolute atomic E-state index is 0.0111. The van der Waals surface area contributed by atoms with Gasteiger partial charge in [0.15, 0.2) is 0 Å². The summed E-state index contributed by atoms with van der Waals surface area (Å²) in [7, 11) is 1.31. The Morgan fingerprint density at radius 1 is 1.29 bits per heavy atom. The lowest BCUT2D eigenvalue weighted by Crippen LogP contribution is -2.50. The van der Waals surface area contributed by atoms with Crippen molar-refractivity contribution in [3.05, 3.63) is 24.3 Å². The zero-order valence-corrected chi connectivity index (χ0v) is 13.1. The maximum Gasteiger partial charge on any atom is 0.409 e. The van der Waals surface area contributed by atoms with Gasteiger partial charge in [-0.3, -0.25) is 0 Å². The normalized spacial score (nSPS) is 17.3. The van der Waals surface area contributed by atoms with Crippen LogP contribution in [0.2, 0.25) is 0 Å². The summed E-state index contributed by atoms with van der Waals surface area (Å²) >= 11 is 0. The maximum atomic E-state index is 12.1. The molecule has 0 radical (unpaired) electrons. The third kappa shape index (κ3) is 5.25. The standard InChI is InChI=1S/C15H19F2N3O4/c1-23-15(22)20-8-2-3-11(9-20)19-14(21)18-10-4-6-12(7-5-10)24-13(16)17/h4-7,11,13H,2-3,8-9H2,1H3,(H2,18,19,21). The molecule has 2 N–H and O–H groups in total. The van der Waals surface area contributed by atoms with Gasteiger partial charge in [0.2, 0.25) is 0 Å². The van der Waals surface area contributed by atoms with Gasteiger partial charge in [-0.15, -0.1) is 0 Å². The number of ether oxygens (including phenoxy) is 2. The van der Waals surface area contributed by atoms with Crippen molar-refractivity contribution in [2.75, 3.05) is 25.5 Å². The van der Waals surface area contributed by atoms with Crippen LogP contribution in [-0.4, -0.2) is 49.9 Å². The van der Waals surface area contributed by atoms with Gasteiger partial charge in [0.25, 0.3) is 0 Å². The molecule has 1 heterocycles. The van der Waals surface area contributed by atoms with E-state index in [9.17, 15) is 18.4 Å². The largest absolute Gasteiger partial charge is 0.453 e. The van der Waals surface area contributed by atoms with Gasteiger partial charge >= 0.3 is 18.7 Å². The van der Waals surface area contributed by atoms with Crippen molar-refractivity contribution in [3.8, 4) is 5.75 Å². The Bertz CT molecular complexity index is 568. The predicted molar refractivity (Wildman–Crippen MR) is 82.2 cm³/mol. The van der Waals surface area contributed by atoms with Gasteiger partial charge in [0.1, 0.15) is 5.75 Å². The van der Waals surface area contributed by atoms with E-state index in [0.717, 1.165) is 12.8 Å². The fourth-order valence-electron chi connectivity index (χ4n) is 2.46. The monoisotopic (exact) mass is 343 g/mol. The van der Waals surface area contributed by atoms with E-state index < -0.39 is 18.7 Å². The van der Waals surface area contributed by atoms with E-state index in [2.05, 4.69) is 20.1 Å². The quantitative estimate of drug-likeness (QED) is 0.881. The van der Waals surface area contributed by atoms with Crippen LogP contribution in [0.1, 0.15) is 12.8 Å². The van der Waals surface area contributed by atoms with Crippen LogP contribution in [0.4, 0.5) is 24.1 Å². The van der Waals surface area contributed by atoms with Crippen molar-refractivity contribution in [2.45, 2.75) is 25.5 Å². The molecule has 1 aromatic carbocycles. The summed E-state index contributed by atoms with van der Waals surface area (Å²) in [5.74, 6) is 0.0111. The van der Waals surface area contributed by atoms with E-state index >= 15 is 0 Å². The molecule has 0 spiro atoms. The molecule has 1 saturated heterocycles. The number of piperidine rings is 1. The van der Waals surface area contributed by atoms with E-state index in [1.54, 1.807) is 0 Å². The summed E-state index contributed by atoms with van der Waals surface area (Å²) in [6, 6.07) is 4.97. The van der Waals surface area contributed by atoms with Gasteiger partial charge in [0.05, 0.1) is 7.11 Å². The number of carbonyl (C=O) groups excluding carboxylic acids is 2. The highest BCUT2D eigenvalue weighted by atomic mass is 19.3. The minimum Gasteiger partial charge on any atom is -0.453 e. The number of rotatable bonds is 4. The van der Waals surface area contributed by atoms with E-state index in [1.807, 2.05) is 0 Å². The fourth-order valence-corrected chi connectivity index (χ4v) is 2.46. The summed E-state index contributed by atoms with van der Waals surface area (Å²) in [6.45, 7) is -1.92. The molecule has 3 amide bonds. The average Bonchev–Trinajstić information content (AvgIpc) is 2.55. The number of nitrogens with zero attached hydrogens (tertiary/aromatic N) is 1. The molecule has 9 heteroatoms. The number of benzene rings is 1. The Labute approximate surface area is 137 Å². The molecule has 1 fully saturated rings. The molecule has 0 bridgehead atoms. The van der Waals surface area contributed by atoms with Crippen molar-refractivity contribution in [1.82, 2.24) is 10.2 Å². The number of halogens is 2. The zero-order chi connectivity index (χ0) is 17.5. The summed E-state index contributed by atoms with van der Waals surface area (Å²) in [5.41, 5.74) is 0.440. The third-order valence-corrected chi connectivity index (χ3v) is 3.53. The molecule has 1 aromatic rings. The lowest BCUT2D eigenvalue weighted by Gasteiger charge is -2.32. The number of anilines is 1. The summed E-state index contributed by atoms with van der Waals surface area (Å²) in [6.07, 6.45) is 1.10. The molecule has 0 saturated carbocycles. The summed E-state index contributed by atoms with van der Waals surface area (Å²) in [4.78, 5) is 25.0. The van der Waals surface area contributed by atoms with Crippen LogP contribution in [-0.2, 0) is 4.74 Å². The predicted octanol–water partition coefficient (Wildman–Crippen LogP) is 2.64. The molecule has 1 unspecified atom stereocenters. The van der Waals surface area contributed by atoms with Crippen LogP contribution in [0, 0.1) is 0 Å². The van der Waals surface area contributed by atoms with Crippen molar-refractivity contribution in [1.29, 1.82) is 0 Å². The lowest BCUT2D eigenvalue weighted by atomic mass is 10.1. The van der Waals surface area contributed by atoms with E-state index in [-0.39, 0.29) is 11.8 Å². The number of likely N-dealkylation sites (tertiary alicyclic amines) is 1. The lowest BCUT2D eigenvalue weighted by molar-refractivity contribution is -0.0498. The molecule has 132 valence electrons. The smallest absolute Gasteiger partial charge is 0.409 e. The second-order valence-corrected chi connectivity index (χ2v) is 5.26. The Hall–Kier alpha value is -2.58. The number of hydrogen-bond donors (Lipinski definition) is 2. The van der Waals surface area contributed by atoms with Gasteiger partial charge in [-0.25, -0.2) is 9.59 Å². The van der Waals surface area contributed by atoms with E-state index in [4.69, 9.17) is 0 Å². The SMILES string of the molecule is COC(=O)N1CCCC(NC(=O)Nc2ccc(OC(F)F)cc2)C1. The van der Waals surface area contributed by atoms with Crippen LogP contribution >= 0.6 is 0 Å². The second-order valence-electron chi connectivity index (χ2n) is 5.26. The first kappa shape index (κ1) is 17.8. The average molecular weight is 343 g/mol. The van der Waals surface area contributed by atoms with E-state index in [1.165, 1.54) is 36.3 Å². The first-order valence-corrected chi connectivity index (χ1v) is 7.43. The molecule has 0 aliphatic carbocycles. The fraction of sp³-hybridized carbons (Fsp3) is 0.467. The number of amides is 3. The van der Waals surface area contributed by atoms with Crippen LogP contribution in [0.25, 0.3) is 0 Å². The first-order chi connectivity index (χ1) is 11.5. The number of urea groups is 1. The molecule has 24 heavy (non-hydrogen) atoms. The van der Waals surface area contributed by atoms with Crippen LogP contribution < -0.4 is 15.4 Å². The molecule has 7 nitrogen and oxygen atoms in total. The highest BCUT2D eigenvalue weighted by Crippen LogP contribution is 2.18. The van der Waals surface area contributed by atoms with Gasteiger partial charge in [-0.1, -0.05) is 0 Å². The molecule has 1 aliphatic heterocycles.